The van der Waals surface area contributed by atoms with Crippen molar-refractivity contribution in [1.82, 2.24) is 0 Å². The Labute approximate surface area is 363 Å². The van der Waals surface area contributed by atoms with Crippen LogP contribution in [0, 0.1) is 0 Å². The van der Waals surface area contributed by atoms with Gasteiger partial charge in [0.15, 0.2) is 6.10 Å². The van der Waals surface area contributed by atoms with E-state index in [9.17, 15) is 19.0 Å². The maximum Gasteiger partial charge on any atom is 0.472 e. The Morgan fingerprint density at radius 1 is 0.525 bits per heavy atom. The SMILES string of the molecule is CCCCCCC/C=C\C/C=C\C/C=C\CCCCCCCCCCC(=O)OC(COC(=O)CCCCCCCCCCCCCC)COP(=O)(O)OCC[N+](C)(C)C. The molecule has 0 heterocycles. The second-order valence-electron chi connectivity index (χ2n) is 17.5. The van der Waals surface area contributed by atoms with E-state index in [1.165, 1.54) is 122 Å². The monoisotopic (exact) mass is 855 g/mol. The van der Waals surface area contributed by atoms with Gasteiger partial charge in [0.1, 0.15) is 19.8 Å². The molecule has 59 heavy (non-hydrogen) atoms. The summed E-state index contributed by atoms with van der Waals surface area (Å²) >= 11 is 0. The molecule has 0 aliphatic heterocycles. The highest BCUT2D eigenvalue weighted by Crippen LogP contribution is 2.43. The van der Waals surface area contributed by atoms with E-state index in [4.69, 9.17) is 18.5 Å². The van der Waals surface area contributed by atoms with E-state index in [1.54, 1.807) is 0 Å². The molecule has 0 rings (SSSR count). The molecule has 2 unspecified atom stereocenters. The maximum atomic E-state index is 12.7. The van der Waals surface area contributed by atoms with Gasteiger partial charge in [0.25, 0.3) is 0 Å². The lowest BCUT2D eigenvalue weighted by Gasteiger charge is -2.24. The van der Waals surface area contributed by atoms with Crippen LogP contribution in [0.2, 0.25) is 0 Å². The summed E-state index contributed by atoms with van der Waals surface area (Å²) in [6.45, 7) is 4.41. The number of phosphoric acid groups is 1. The molecule has 0 spiro atoms. The lowest BCUT2D eigenvalue weighted by Crippen LogP contribution is -2.37. The van der Waals surface area contributed by atoms with Crippen LogP contribution in [0.3, 0.4) is 0 Å². The van der Waals surface area contributed by atoms with Crippen molar-refractivity contribution in [2.24, 2.45) is 0 Å². The summed E-state index contributed by atoms with van der Waals surface area (Å²) in [5.74, 6) is -0.801. The van der Waals surface area contributed by atoms with Gasteiger partial charge in [0, 0.05) is 12.8 Å². The topological polar surface area (TPSA) is 108 Å². The number of hydrogen-bond acceptors (Lipinski definition) is 7. The van der Waals surface area contributed by atoms with Crippen molar-refractivity contribution in [3.8, 4) is 0 Å². The van der Waals surface area contributed by atoms with Gasteiger partial charge in [-0.1, -0.05) is 185 Å². The number of rotatable bonds is 44. The summed E-state index contributed by atoms with van der Waals surface area (Å²) in [4.78, 5) is 35.4. The summed E-state index contributed by atoms with van der Waals surface area (Å²) in [5.41, 5.74) is 0. The van der Waals surface area contributed by atoms with Gasteiger partial charge in [-0.3, -0.25) is 18.6 Å². The van der Waals surface area contributed by atoms with Crippen LogP contribution in [0.4, 0.5) is 0 Å². The number of phosphoric ester groups is 1. The number of carbonyl (C=O) groups is 2. The number of nitrogens with zero attached hydrogens (tertiary/aromatic N) is 1. The van der Waals surface area contributed by atoms with E-state index >= 15 is 0 Å². The van der Waals surface area contributed by atoms with Gasteiger partial charge in [-0.05, 0) is 51.4 Å². The van der Waals surface area contributed by atoms with E-state index in [2.05, 4.69) is 50.3 Å². The minimum atomic E-state index is -4.38. The molecule has 0 amide bonds. The number of hydrogen-bond donors (Lipinski definition) is 1. The van der Waals surface area contributed by atoms with Crippen LogP contribution in [0.1, 0.15) is 213 Å². The smallest absolute Gasteiger partial charge is 0.462 e. The van der Waals surface area contributed by atoms with Crippen molar-refractivity contribution in [3.63, 3.8) is 0 Å². The third kappa shape index (κ3) is 45.6. The first-order chi connectivity index (χ1) is 28.5. The molecule has 2 atom stereocenters. The highest BCUT2D eigenvalue weighted by atomic mass is 31.2. The summed E-state index contributed by atoms with van der Waals surface area (Å²) in [5, 5.41) is 0. The number of esters is 2. The quantitative estimate of drug-likeness (QED) is 0.0212. The summed E-state index contributed by atoms with van der Waals surface area (Å²) in [6, 6.07) is 0. The van der Waals surface area contributed by atoms with Gasteiger partial charge in [0.2, 0.25) is 0 Å². The second kappa shape index (κ2) is 41.6. The highest BCUT2D eigenvalue weighted by Gasteiger charge is 2.27. The van der Waals surface area contributed by atoms with Crippen molar-refractivity contribution in [1.29, 1.82) is 0 Å². The number of likely N-dealkylation sites (N-methyl/N-ethyl adjacent to an activating group) is 1. The second-order valence-corrected chi connectivity index (χ2v) is 19.0. The molecule has 0 aromatic carbocycles. The lowest BCUT2D eigenvalue weighted by molar-refractivity contribution is -0.870. The Morgan fingerprint density at radius 3 is 1.36 bits per heavy atom. The van der Waals surface area contributed by atoms with Crippen LogP contribution in [-0.4, -0.2) is 74.9 Å². The Bertz CT molecular complexity index is 1100. The van der Waals surface area contributed by atoms with E-state index in [0.29, 0.717) is 17.4 Å². The average molecular weight is 855 g/mol. The van der Waals surface area contributed by atoms with E-state index in [1.807, 2.05) is 21.1 Å². The number of ether oxygens (including phenoxy) is 2. The number of quaternary nitrogens is 1. The van der Waals surface area contributed by atoms with Crippen molar-refractivity contribution < 1.29 is 42.1 Å². The molecule has 0 radical (unpaired) electrons. The third-order valence-corrected chi connectivity index (χ3v) is 11.4. The van der Waals surface area contributed by atoms with E-state index < -0.39 is 26.5 Å². The zero-order valence-corrected chi connectivity index (χ0v) is 39.9. The molecule has 0 bridgehead atoms. The molecule has 9 nitrogen and oxygen atoms in total. The molecule has 346 valence electrons. The first-order valence-electron chi connectivity index (χ1n) is 24.2. The van der Waals surface area contributed by atoms with Crippen LogP contribution >= 0.6 is 7.82 Å². The van der Waals surface area contributed by atoms with Crippen LogP contribution in [-0.2, 0) is 32.7 Å². The molecule has 0 saturated heterocycles. The Morgan fingerprint density at radius 2 is 0.915 bits per heavy atom. The maximum absolute atomic E-state index is 12.7. The third-order valence-electron chi connectivity index (χ3n) is 10.4. The molecule has 0 fully saturated rings. The van der Waals surface area contributed by atoms with Crippen molar-refractivity contribution in [2.75, 3.05) is 47.5 Å². The van der Waals surface area contributed by atoms with Crippen molar-refractivity contribution in [3.05, 3.63) is 36.5 Å². The van der Waals surface area contributed by atoms with Crippen LogP contribution in [0.15, 0.2) is 36.5 Å². The first-order valence-corrected chi connectivity index (χ1v) is 25.7. The van der Waals surface area contributed by atoms with Crippen LogP contribution < -0.4 is 0 Å². The van der Waals surface area contributed by atoms with Crippen molar-refractivity contribution >= 4 is 19.8 Å². The van der Waals surface area contributed by atoms with Crippen LogP contribution in [0.25, 0.3) is 0 Å². The minimum Gasteiger partial charge on any atom is -0.462 e. The standard InChI is InChI=1S/C49H92NO8P/c1-6-8-10-12-14-16-18-20-21-22-23-24-25-26-27-28-29-30-32-34-36-38-40-42-49(52)58-47(46-57-59(53,54)56-44-43-50(3,4)5)45-55-48(51)41-39-37-35-33-31-19-17-15-13-11-9-7-2/h18,20,22-23,25-26,47H,6-17,19,21,24,27-46H2,1-5H3/p+1/b20-18-,23-22-,26-25-. The molecular formula is C49H93NO8P+. The minimum absolute atomic E-state index is 0.0309. The normalized spacial score (nSPS) is 13.8. The molecule has 1 N–H and O–H groups in total. The van der Waals surface area contributed by atoms with Gasteiger partial charge >= 0.3 is 19.8 Å². The number of allylic oxidation sites excluding steroid dienone is 6. The molecule has 0 aliphatic rings. The summed E-state index contributed by atoms with van der Waals surface area (Å²) < 4.78 is 34.4. The fourth-order valence-electron chi connectivity index (χ4n) is 6.61. The molecule has 0 saturated carbocycles. The molecule has 0 aromatic heterocycles. The number of unbranched alkanes of at least 4 members (excludes halogenated alkanes) is 24. The van der Waals surface area contributed by atoms with E-state index in [-0.39, 0.29) is 32.0 Å². The predicted octanol–water partition coefficient (Wildman–Crippen LogP) is 14.1. The number of carbonyl (C=O) groups excluding carboxylic acids is 2. The molecule has 10 heteroatoms. The first kappa shape index (κ1) is 57.2. The Kier molecular flexibility index (Phi) is 40.3. The predicted molar refractivity (Wildman–Crippen MR) is 247 cm³/mol. The Hall–Kier alpha value is -1.77. The highest BCUT2D eigenvalue weighted by molar-refractivity contribution is 7.47. The van der Waals surface area contributed by atoms with Crippen LogP contribution in [0.5, 0.6) is 0 Å². The summed E-state index contributed by atoms with van der Waals surface area (Å²) in [6.07, 6.45) is 47.6. The van der Waals surface area contributed by atoms with Gasteiger partial charge in [0.05, 0.1) is 27.7 Å². The van der Waals surface area contributed by atoms with Crippen molar-refractivity contribution in [2.45, 2.75) is 219 Å². The zero-order chi connectivity index (χ0) is 43.6. The van der Waals surface area contributed by atoms with Gasteiger partial charge in [-0.25, -0.2) is 4.57 Å². The van der Waals surface area contributed by atoms with Gasteiger partial charge in [-0.15, -0.1) is 0 Å². The van der Waals surface area contributed by atoms with Gasteiger partial charge in [-0.2, -0.15) is 0 Å². The van der Waals surface area contributed by atoms with Gasteiger partial charge < -0.3 is 18.9 Å². The summed E-state index contributed by atoms with van der Waals surface area (Å²) in [7, 11) is 1.47. The zero-order valence-electron chi connectivity index (χ0n) is 39.0. The Balaban J connectivity index is 4.26. The largest absolute Gasteiger partial charge is 0.472 e. The average Bonchev–Trinajstić information content (AvgIpc) is 3.19. The molecule has 0 aromatic rings. The fourth-order valence-corrected chi connectivity index (χ4v) is 7.35. The van der Waals surface area contributed by atoms with E-state index in [0.717, 1.165) is 57.8 Å². The lowest BCUT2D eigenvalue weighted by atomic mass is 10.0. The molecular weight excluding hydrogens is 762 g/mol. The fraction of sp³-hybridized carbons (Fsp3) is 0.837. The molecule has 0 aliphatic carbocycles.